The number of nitrogens with zero attached hydrogens (tertiary/aromatic N) is 1. The number of phenolic OH excluding ortho intramolecular Hbond substituents is 1. The maximum absolute atomic E-state index is 11.3. The summed E-state index contributed by atoms with van der Waals surface area (Å²) in [5.41, 5.74) is 0.668. The van der Waals surface area contributed by atoms with E-state index < -0.39 is 16.1 Å². The Morgan fingerprint density at radius 2 is 2.05 bits per heavy atom. The molecule has 0 saturated heterocycles. The molecule has 0 aromatic heterocycles. The first kappa shape index (κ1) is 19.0. The standard InChI is InChI=1S/C14H22N2O4S.ClH/c1-3-16(11-5-6-11)9-14(18)10-4-7-13(17)12(8-10)15-21(2,19)20;/h4,7-8,11,14-15,17-18H,3,5-6,9H2,1-2H3;1H. The van der Waals surface area contributed by atoms with Crippen molar-refractivity contribution < 1.29 is 18.6 Å². The van der Waals surface area contributed by atoms with Gasteiger partial charge >= 0.3 is 0 Å². The van der Waals surface area contributed by atoms with E-state index in [-0.39, 0.29) is 23.8 Å². The van der Waals surface area contributed by atoms with Crippen molar-refractivity contribution in [2.24, 2.45) is 0 Å². The fourth-order valence-electron chi connectivity index (χ4n) is 2.35. The second-order valence-electron chi connectivity index (χ2n) is 5.49. The highest BCUT2D eigenvalue weighted by Gasteiger charge is 2.29. The fourth-order valence-corrected chi connectivity index (χ4v) is 2.91. The third-order valence-corrected chi connectivity index (χ3v) is 4.17. The maximum atomic E-state index is 11.3. The second kappa shape index (κ2) is 7.50. The molecule has 1 aromatic carbocycles. The van der Waals surface area contributed by atoms with Gasteiger partial charge in [0.2, 0.25) is 10.0 Å². The number of hydrogen-bond acceptors (Lipinski definition) is 5. The lowest BCUT2D eigenvalue weighted by Gasteiger charge is -2.23. The molecule has 8 heteroatoms. The van der Waals surface area contributed by atoms with Gasteiger partial charge in [-0.3, -0.25) is 9.62 Å². The predicted molar refractivity (Wildman–Crippen MR) is 89.1 cm³/mol. The Kier molecular flexibility index (Phi) is 6.49. The number of likely N-dealkylation sites (N-methyl/N-ethyl adjacent to an activating group) is 1. The molecule has 1 aliphatic rings. The molecule has 0 spiro atoms. The molecule has 126 valence electrons. The van der Waals surface area contributed by atoms with E-state index in [1.807, 2.05) is 0 Å². The molecule has 1 aliphatic carbocycles. The van der Waals surface area contributed by atoms with Gasteiger partial charge in [0.25, 0.3) is 0 Å². The molecule has 1 fully saturated rings. The summed E-state index contributed by atoms with van der Waals surface area (Å²) in [5.74, 6) is -0.161. The number of aliphatic hydroxyl groups is 1. The predicted octanol–water partition coefficient (Wildman–Crippen LogP) is 1.70. The molecule has 0 bridgehead atoms. The van der Waals surface area contributed by atoms with Gasteiger partial charge in [0.1, 0.15) is 5.75 Å². The Bertz CT molecular complexity index is 605. The summed E-state index contributed by atoms with van der Waals surface area (Å²) in [4.78, 5) is 2.21. The number of anilines is 1. The summed E-state index contributed by atoms with van der Waals surface area (Å²) in [6, 6.07) is 5.02. The lowest BCUT2D eigenvalue weighted by molar-refractivity contribution is 0.112. The summed E-state index contributed by atoms with van der Waals surface area (Å²) in [7, 11) is -3.48. The van der Waals surface area contributed by atoms with E-state index in [4.69, 9.17) is 0 Å². The normalized spacial score (nSPS) is 16.2. The molecule has 2 rings (SSSR count). The number of sulfonamides is 1. The highest BCUT2D eigenvalue weighted by atomic mass is 35.5. The summed E-state index contributed by atoms with van der Waals surface area (Å²) in [6.07, 6.45) is 2.63. The summed E-state index contributed by atoms with van der Waals surface area (Å²) < 4.78 is 24.8. The van der Waals surface area contributed by atoms with Gasteiger partial charge in [-0.05, 0) is 37.1 Å². The van der Waals surface area contributed by atoms with E-state index in [2.05, 4.69) is 16.5 Å². The van der Waals surface area contributed by atoms with Crippen molar-refractivity contribution in [3.63, 3.8) is 0 Å². The van der Waals surface area contributed by atoms with Crippen LogP contribution in [-0.2, 0) is 10.0 Å². The molecule has 1 saturated carbocycles. The zero-order valence-electron chi connectivity index (χ0n) is 12.7. The SMILES string of the molecule is CCN(CC(O)c1ccc(O)c(NS(C)(=O)=O)c1)C1CC1.Cl. The highest BCUT2D eigenvalue weighted by molar-refractivity contribution is 7.92. The van der Waals surface area contributed by atoms with E-state index in [0.717, 1.165) is 25.6 Å². The molecule has 0 radical (unpaired) electrons. The molecule has 0 amide bonds. The third-order valence-electron chi connectivity index (χ3n) is 3.58. The van der Waals surface area contributed by atoms with E-state index >= 15 is 0 Å². The van der Waals surface area contributed by atoms with Crippen molar-refractivity contribution in [2.45, 2.75) is 31.9 Å². The highest BCUT2D eigenvalue weighted by Crippen LogP contribution is 2.31. The van der Waals surface area contributed by atoms with Crippen molar-refractivity contribution >= 4 is 28.1 Å². The number of rotatable bonds is 7. The van der Waals surface area contributed by atoms with Crippen LogP contribution in [0.1, 0.15) is 31.4 Å². The van der Waals surface area contributed by atoms with Crippen LogP contribution in [0.4, 0.5) is 5.69 Å². The lowest BCUT2D eigenvalue weighted by atomic mass is 10.1. The van der Waals surface area contributed by atoms with Crippen LogP contribution in [0.25, 0.3) is 0 Å². The molecular weight excluding hydrogens is 328 g/mol. The van der Waals surface area contributed by atoms with Gasteiger partial charge < -0.3 is 10.2 Å². The average molecular weight is 351 g/mol. The third kappa shape index (κ3) is 5.31. The average Bonchev–Trinajstić information content (AvgIpc) is 3.21. The molecule has 3 N–H and O–H groups in total. The molecule has 1 unspecified atom stereocenters. The molecule has 1 aromatic rings. The van der Waals surface area contributed by atoms with Crippen LogP contribution in [0.15, 0.2) is 18.2 Å². The van der Waals surface area contributed by atoms with E-state index in [1.54, 1.807) is 6.07 Å². The van der Waals surface area contributed by atoms with Crippen molar-refractivity contribution in [3.05, 3.63) is 23.8 Å². The van der Waals surface area contributed by atoms with Crippen LogP contribution in [0.5, 0.6) is 5.75 Å². The molecular formula is C14H23ClN2O4S. The Morgan fingerprint density at radius 3 is 2.55 bits per heavy atom. The van der Waals surface area contributed by atoms with Crippen LogP contribution in [-0.4, -0.2) is 48.9 Å². The van der Waals surface area contributed by atoms with Crippen LogP contribution < -0.4 is 4.72 Å². The minimum atomic E-state index is -3.48. The molecule has 1 atom stereocenters. The van der Waals surface area contributed by atoms with Gasteiger partial charge in [-0.15, -0.1) is 12.4 Å². The first-order valence-corrected chi connectivity index (χ1v) is 8.92. The zero-order chi connectivity index (χ0) is 15.6. The maximum Gasteiger partial charge on any atom is 0.229 e. The second-order valence-corrected chi connectivity index (χ2v) is 7.23. The van der Waals surface area contributed by atoms with E-state index in [1.165, 1.54) is 12.1 Å². The topological polar surface area (TPSA) is 89.9 Å². The quantitative estimate of drug-likeness (QED) is 0.651. The van der Waals surface area contributed by atoms with Crippen molar-refractivity contribution in [1.82, 2.24) is 4.90 Å². The van der Waals surface area contributed by atoms with Crippen molar-refractivity contribution in [2.75, 3.05) is 24.1 Å². The number of halogens is 1. The number of nitrogens with one attached hydrogen (secondary N) is 1. The number of aliphatic hydroxyl groups excluding tert-OH is 1. The first-order valence-electron chi connectivity index (χ1n) is 7.03. The largest absolute Gasteiger partial charge is 0.506 e. The summed E-state index contributed by atoms with van der Waals surface area (Å²) in [5, 5.41) is 20.0. The summed E-state index contributed by atoms with van der Waals surface area (Å²) in [6.45, 7) is 3.43. The van der Waals surface area contributed by atoms with Gasteiger partial charge in [0, 0.05) is 12.6 Å². The number of aromatic hydroxyl groups is 1. The number of benzene rings is 1. The van der Waals surface area contributed by atoms with Crippen LogP contribution >= 0.6 is 12.4 Å². The fraction of sp³-hybridized carbons (Fsp3) is 0.571. The minimum Gasteiger partial charge on any atom is -0.506 e. The first-order chi connectivity index (χ1) is 9.80. The van der Waals surface area contributed by atoms with Crippen LogP contribution in [0.2, 0.25) is 0 Å². The van der Waals surface area contributed by atoms with Gasteiger partial charge in [-0.25, -0.2) is 8.42 Å². The van der Waals surface area contributed by atoms with E-state index in [0.29, 0.717) is 18.2 Å². The Hall–Kier alpha value is -1.02. The molecule has 22 heavy (non-hydrogen) atoms. The lowest BCUT2D eigenvalue weighted by Crippen LogP contribution is -2.30. The van der Waals surface area contributed by atoms with Gasteiger partial charge in [-0.1, -0.05) is 13.0 Å². The molecule has 6 nitrogen and oxygen atoms in total. The number of phenols is 1. The van der Waals surface area contributed by atoms with Crippen LogP contribution in [0.3, 0.4) is 0 Å². The zero-order valence-corrected chi connectivity index (χ0v) is 14.3. The minimum absolute atomic E-state index is 0. The Balaban J connectivity index is 0.00000242. The Labute approximate surface area is 137 Å². The summed E-state index contributed by atoms with van der Waals surface area (Å²) >= 11 is 0. The van der Waals surface area contributed by atoms with E-state index in [9.17, 15) is 18.6 Å². The van der Waals surface area contributed by atoms with Gasteiger partial charge in [0.15, 0.2) is 0 Å². The van der Waals surface area contributed by atoms with Crippen molar-refractivity contribution in [3.8, 4) is 5.75 Å². The smallest absolute Gasteiger partial charge is 0.229 e. The number of hydrogen-bond donors (Lipinski definition) is 3. The van der Waals surface area contributed by atoms with Crippen molar-refractivity contribution in [1.29, 1.82) is 0 Å². The molecule has 0 aliphatic heterocycles. The van der Waals surface area contributed by atoms with Gasteiger partial charge in [-0.2, -0.15) is 0 Å². The Morgan fingerprint density at radius 1 is 1.41 bits per heavy atom. The monoisotopic (exact) mass is 350 g/mol. The van der Waals surface area contributed by atoms with Gasteiger partial charge in [0.05, 0.1) is 18.0 Å². The molecule has 0 heterocycles. The van der Waals surface area contributed by atoms with Crippen LogP contribution in [0, 0.1) is 0 Å².